The van der Waals surface area contributed by atoms with Gasteiger partial charge in [-0.1, -0.05) is 35.3 Å². The highest BCUT2D eigenvalue weighted by atomic mass is 35.5. The molecular weight excluding hydrogens is 287 g/mol. The monoisotopic (exact) mass is 296 g/mol. The zero-order valence-corrected chi connectivity index (χ0v) is 11.2. The first-order chi connectivity index (χ1) is 9.00. The van der Waals surface area contributed by atoms with E-state index in [0.29, 0.717) is 16.5 Å². The van der Waals surface area contributed by atoms with Gasteiger partial charge < -0.3 is 16.2 Å². The molecule has 0 spiro atoms. The minimum atomic E-state index is -0.625. The predicted molar refractivity (Wildman–Crippen MR) is 75.9 cm³/mol. The van der Waals surface area contributed by atoms with Crippen molar-refractivity contribution >= 4 is 34.8 Å². The van der Waals surface area contributed by atoms with E-state index in [-0.39, 0.29) is 16.3 Å². The number of nitrogens with two attached hydrogens (primary N) is 2. The summed E-state index contributed by atoms with van der Waals surface area (Å²) in [5.41, 5.74) is 11.4. The number of carbonyl (C=O) groups is 1. The number of carbonyl (C=O) groups excluding carboxylic acids is 1. The van der Waals surface area contributed by atoms with Crippen LogP contribution >= 0.6 is 23.2 Å². The molecule has 0 aliphatic carbocycles. The van der Waals surface area contributed by atoms with Crippen molar-refractivity contribution in [1.29, 1.82) is 0 Å². The summed E-state index contributed by atoms with van der Waals surface area (Å²) in [6.45, 7) is 0. The summed E-state index contributed by atoms with van der Waals surface area (Å²) in [5, 5.41) is 0.636. The van der Waals surface area contributed by atoms with E-state index in [1.54, 1.807) is 30.3 Å². The van der Waals surface area contributed by atoms with Crippen LogP contribution in [0.15, 0.2) is 36.4 Å². The lowest BCUT2D eigenvalue weighted by molar-refractivity contribution is 0.100. The number of amides is 1. The molecule has 2 aromatic rings. The SMILES string of the molecule is NC(=O)c1cccc(Oc2cccc(Cl)c2Cl)c1N. The van der Waals surface area contributed by atoms with Crippen LogP contribution in [0.3, 0.4) is 0 Å². The van der Waals surface area contributed by atoms with Crippen LogP contribution in [0.4, 0.5) is 5.69 Å². The Labute approximate surface area is 119 Å². The second-order valence-electron chi connectivity index (χ2n) is 3.74. The first-order valence-electron chi connectivity index (χ1n) is 5.31. The van der Waals surface area contributed by atoms with E-state index in [0.717, 1.165) is 0 Å². The third-order valence-corrected chi connectivity index (χ3v) is 3.27. The van der Waals surface area contributed by atoms with E-state index in [1.807, 2.05) is 0 Å². The van der Waals surface area contributed by atoms with Gasteiger partial charge in [0.1, 0.15) is 10.8 Å². The highest BCUT2D eigenvalue weighted by molar-refractivity contribution is 6.42. The number of anilines is 1. The normalized spacial score (nSPS) is 10.2. The maximum Gasteiger partial charge on any atom is 0.250 e. The molecule has 0 bridgehead atoms. The van der Waals surface area contributed by atoms with Crippen molar-refractivity contribution in [2.45, 2.75) is 0 Å². The van der Waals surface area contributed by atoms with Crippen molar-refractivity contribution in [3.63, 3.8) is 0 Å². The number of rotatable bonds is 3. The number of hydrogen-bond donors (Lipinski definition) is 2. The van der Waals surface area contributed by atoms with Gasteiger partial charge in [0.25, 0.3) is 5.91 Å². The lowest BCUT2D eigenvalue weighted by atomic mass is 10.1. The Morgan fingerprint density at radius 2 is 1.68 bits per heavy atom. The minimum Gasteiger partial charge on any atom is -0.454 e. The molecule has 0 fully saturated rings. The average Bonchev–Trinajstić information content (AvgIpc) is 2.37. The Kier molecular flexibility index (Phi) is 3.83. The van der Waals surface area contributed by atoms with E-state index >= 15 is 0 Å². The van der Waals surface area contributed by atoms with Gasteiger partial charge in [0.05, 0.1) is 16.3 Å². The molecule has 4 nitrogen and oxygen atoms in total. The molecule has 19 heavy (non-hydrogen) atoms. The number of primary amides is 1. The second kappa shape index (κ2) is 5.38. The number of nitrogen functional groups attached to an aromatic ring is 1. The fourth-order valence-electron chi connectivity index (χ4n) is 1.53. The maximum absolute atomic E-state index is 11.2. The van der Waals surface area contributed by atoms with Crippen LogP contribution in [-0.2, 0) is 0 Å². The lowest BCUT2D eigenvalue weighted by Gasteiger charge is -2.12. The van der Waals surface area contributed by atoms with Gasteiger partial charge in [0.15, 0.2) is 5.75 Å². The van der Waals surface area contributed by atoms with Crippen molar-refractivity contribution in [3.05, 3.63) is 52.0 Å². The molecule has 98 valence electrons. The smallest absolute Gasteiger partial charge is 0.250 e. The molecule has 0 saturated carbocycles. The molecule has 6 heteroatoms. The topological polar surface area (TPSA) is 78.3 Å². The molecule has 0 heterocycles. The molecule has 0 atom stereocenters. The highest BCUT2D eigenvalue weighted by Gasteiger charge is 2.13. The summed E-state index contributed by atoms with van der Waals surface area (Å²) < 4.78 is 5.56. The molecule has 0 aliphatic rings. The fourth-order valence-corrected chi connectivity index (χ4v) is 1.86. The molecule has 0 aliphatic heterocycles. The van der Waals surface area contributed by atoms with Crippen LogP contribution in [0.25, 0.3) is 0 Å². The van der Waals surface area contributed by atoms with Gasteiger partial charge in [-0.15, -0.1) is 0 Å². The maximum atomic E-state index is 11.2. The highest BCUT2D eigenvalue weighted by Crippen LogP contribution is 2.37. The first-order valence-corrected chi connectivity index (χ1v) is 6.06. The zero-order valence-electron chi connectivity index (χ0n) is 9.69. The summed E-state index contributed by atoms with van der Waals surface area (Å²) in [4.78, 5) is 11.2. The molecule has 2 aromatic carbocycles. The summed E-state index contributed by atoms with van der Waals surface area (Å²) >= 11 is 11.9. The number of benzene rings is 2. The first kappa shape index (κ1) is 13.5. The summed E-state index contributed by atoms with van der Waals surface area (Å²) in [7, 11) is 0. The molecule has 0 unspecified atom stereocenters. The zero-order chi connectivity index (χ0) is 14.0. The van der Waals surface area contributed by atoms with Crippen LogP contribution in [0.5, 0.6) is 11.5 Å². The van der Waals surface area contributed by atoms with Gasteiger partial charge in [-0.3, -0.25) is 4.79 Å². The fraction of sp³-hybridized carbons (Fsp3) is 0. The predicted octanol–water partition coefficient (Wildman–Crippen LogP) is 3.47. The van der Waals surface area contributed by atoms with Crippen molar-refractivity contribution < 1.29 is 9.53 Å². The van der Waals surface area contributed by atoms with E-state index in [2.05, 4.69) is 0 Å². The van der Waals surface area contributed by atoms with Crippen LogP contribution in [0.1, 0.15) is 10.4 Å². The molecular formula is C13H10Cl2N2O2. The van der Waals surface area contributed by atoms with E-state index in [4.69, 9.17) is 39.4 Å². The Balaban J connectivity index is 2.42. The van der Waals surface area contributed by atoms with Crippen molar-refractivity contribution in [3.8, 4) is 11.5 Å². The molecule has 0 aromatic heterocycles. The van der Waals surface area contributed by atoms with Gasteiger partial charge in [-0.2, -0.15) is 0 Å². The molecule has 0 radical (unpaired) electrons. The minimum absolute atomic E-state index is 0.158. The Morgan fingerprint density at radius 1 is 1.05 bits per heavy atom. The third-order valence-electron chi connectivity index (χ3n) is 2.47. The number of hydrogen-bond acceptors (Lipinski definition) is 3. The average molecular weight is 297 g/mol. The number of para-hydroxylation sites is 1. The third kappa shape index (κ3) is 2.75. The number of ether oxygens (including phenoxy) is 1. The Morgan fingerprint density at radius 3 is 2.37 bits per heavy atom. The summed E-state index contributed by atoms with van der Waals surface area (Å²) in [6, 6.07) is 9.72. The van der Waals surface area contributed by atoms with Crippen molar-refractivity contribution in [2.24, 2.45) is 5.73 Å². The van der Waals surface area contributed by atoms with Crippen molar-refractivity contribution in [1.82, 2.24) is 0 Å². The molecule has 0 saturated heterocycles. The van der Waals surface area contributed by atoms with E-state index in [1.165, 1.54) is 6.07 Å². The molecule has 1 amide bonds. The lowest BCUT2D eigenvalue weighted by Crippen LogP contribution is -2.13. The van der Waals surface area contributed by atoms with Crippen LogP contribution in [0, 0.1) is 0 Å². The molecule has 4 N–H and O–H groups in total. The van der Waals surface area contributed by atoms with Crippen LogP contribution < -0.4 is 16.2 Å². The van der Waals surface area contributed by atoms with Gasteiger partial charge in [0, 0.05) is 0 Å². The standard InChI is InChI=1S/C13H10Cl2N2O2/c14-8-4-2-5-9(11(8)15)19-10-6-1-3-7(12(10)16)13(17)18/h1-6H,16H2,(H2,17,18). The van der Waals surface area contributed by atoms with Crippen molar-refractivity contribution in [2.75, 3.05) is 5.73 Å². The summed E-state index contributed by atoms with van der Waals surface area (Å²) in [6.07, 6.45) is 0. The largest absolute Gasteiger partial charge is 0.454 e. The quantitative estimate of drug-likeness (QED) is 0.851. The van der Waals surface area contributed by atoms with Gasteiger partial charge >= 0.3 is 0 Å². The molecule has 2 rings (SSSR count). The van der Waals surface area contributed by atoms with Gasteiger partial charge in [0.2, 0.25) is 0 Å². The van der Waals surface area contributed by atoms with Crippen LogP contribution in [0.2, 0.25) is 10.0 Å². The van der Waals surface area contributed by atoms with Gasteiger partial charge in [-0.25, -0.2) is 0 Å². The van der Waals surface area contributed by atoms with E-state index < -0.39 is 5.91 Å². The number of halogens is 2. The Hall–Kier alpha value is -1.91. The van der Waals surface area contributed by atoms with E-state index in [9.17, 15) is 4.79 Å². The summed E-state index contributed by atoms with van der Waals surface area (Å²) in [5.74, 6) is 0.0168. The Bertz CT molecular complexity index is 645. The van der Waals surface area contributed by atoms with Gasteiger partial charge in [-0.05, 0) is 24.3 Å². The van der Waals surface area contributed by atoms with Crippen LogP contribution in [-0.4, -0.2) is 5.91 Å². The second-order valence-corrected chi connectivity index (χ2v) is 4.52.